The number of nitrogens with two attached hydrogens (primary N) is 1. The molecule has 1 aromatic heterocycles. The predicted molar refractivity (Wildman–Crippen MR) is 88.2 cm³/mol. The molecule has 0 aliphatic heterocycles. The van der Waals surface area contributed by atoms with Crippen LogP contribution >= 0.6 is 23.2 Å². The molecular formula is C16H13Cl2N3. The lowest BCUT2D eigenvalue weighted by Crippen LogP contribution is -1.95. The Labute approximate surface area is 132 Å². The molecule has 2 N–H and O–H groups in total. The second-order valence-electron chi connectivity index (χ2n) is 4.82. The van der Waals surface area contributed by atoms with Crippen molar-refractivity contribution in [1.82, 2.24) is 9.78 Å². The van der Waals surface area contributed by atoms with Crippen LogP contribution in [0.1, 0.15) is 5.56 Å². The monoisotopic (exact) mass is 317 g/mol. The number of aryl methyl sites for hydroxylation is 1. The van der Waals surface area contributed by atoms with Gasteiger partial charge in [-0.15, -0.1) is 0 Å². The van der Waals surface area contributed by atoms with Crippen LogP contribution in [0.25, 0.3) is 16.9 Å². The van der Waals surface area contributed by atoms with E-state index in [0.717, 1.165) is 22.5 Å². The van der Waals surface area contributed by atoms with Crippen molar-refractivity contribution in [3.05, 3.63) is 64.3 Å². The van der Waals surface area contributed by atoms with E-state index in [-0.39, 0.29) is 0 Å². The van der Waals surface area contributed by atoms with Gasteiger partial charge in [0.15, 0.2) is 0 Å². The van der Waals surface area contributed by atoms with Crippen LogP contribution in [0.3, 0.4) is 0 Å². The number of hydrogen-bond donors (Lipinski definition) is 1. The molecule has 21 heavy (non-hydrogen) atoms. The van der Waals surface area contributed by atoms with Gasteiger partial charge in [0.25, 0.3) is 0 Å². The summed E-state index contributed by atoms with van der Waals surface area (Å²) in [4.78, 5) is 0. The Bertz CT molecular complexity index is 792. The maximum absolute atomic E-state index is 6.16. The van der Waals surface area contributed by atoms with Gasteiger partial charge in [-0.25, -0.2) is 4.68 Å². The number of anilines is 1. The van der Waals surface area contributed by atoms with Crippen LogP contribution in [-0.2, 0) is 0 Å². The fraction of sp³-hybridized carbons (Fsp3) is 0.0625. The lowest BCUT2D eigenvalue weighted by Gasteiger charge is -2.04. The molecule has 0 bridgehead atoms. The smallest absolute Gasteiger partial charge is 0.116 e. The van der Waals surface area contributed by atoms with Gasteiger partial charge in [-0.2, -0.15) is 5.10 Å². The summed E-state index contributed by atoms with van der Waals surface area (Å²) < 4.78 is 1.73. The van der Waals surface area contributed by atoms with Crippen molar-refractivity contribution in [3.63, 3.8) is 0 Å². The van der Waals surface area contributed by atoms with E-state index in [9.17, 15) is 0 Å². The molecule has 106 valence electrons. The van der Waals surface area contributed by atoms with Gasteiger partial charge < -0.3 is 5.73 Å². The maximum Gasteiger partial charge on any atom is 0.116 e. The molecule has 0 saturated heterocycles. The molecule has 0 radical (unpaired) electrons. The van der Waals surface area contributed by atoms with Gasteiger partial charge in [-0.3, -0.25) is 0 Å². The zero-order chi connectivity index (χ0) is 15.0. The summed E-state index contributed by atoms with van der Waals surface area (Å²) in [5, 5.41) is 5.93. The Balaban J connectivity index is 2.04. The van der Waals surface area contributed by atoms with Gasteiger partial charge in [0.1, 0.15) is 5.69 Å². The van der Waals surface area contributed by atoms with Gasteiger partial charge in [0.05, 0.1) is 17.6 Å². The summed E-state index contributed by atoms with van der Waals surface area (Å²) >= 11 is 12.1. The van der Waals surface area contributed by atoms with Crippen LogP contribution in [0, 0.1) is 6.92 Å². The van der Waals surface area contributed by atoms with Crippen LogP contribution < -0.4 is 5.73 Å². The van der Waals surface area contributed by atoms with Crippen molar-refractivity contribution in [2.45, 2.75) is 6.92 Å². The summed E-state index contributed by atoms with van der Waals surface area (Å²) in [6.07, 6.45) is 1.78. The molecule has 3 aromatic rings. The van der Waals surface area contributed by atoms with E-state index in [2.05, 4.69) is 5.10 Å². The van der Waals surface area contributed by atoms with Gasteiger partial charge in [-0.05, 0) is 36.8 Å². The Morgan fingerprint density at radius 2 is 1.76 bits per heavy atom. The lowest BCUT2D eigenvalue weighted by atomic mass is 10.1. The molecule has 0 saturated carbocycles. The molecule has 5 heteroatoms. The maximum atomic E-state index is 6.16. The van der Waals surface area contributed by atoms with Gasteiger partial charge in [-0.1, -0.05) is 41.4 Å². The molecule has 0 aliphatic carbocycles. The predicted octanol–water partition coefficient (Wildman–Crippen LogP) is 4.74. The highest BCUT2D eigenvalue weighted by Gasteiger charge is 2.10. The third-order valence-electron chi connectivity index (χ3n) is 3.28. The van der Waals surface area contributed by atoms with E-state index >= 15 is 0 Å². The van der Waals surface area contributed by atoms with Gasteiger partial charge in [0.2, 0.25) is 0 Å². The van der Waals surface area contributed by atoms with E-state index in [0.29, 0.717) is 15.7 Å². The molecule has 3 nitrogen and oxygen atoms in total. The fourth-order valence-electron chi connectivity index (χ4n) is 2.08. The number of aromatic nitrogens is 2. The molecule has 0 spiro atoms. The topological polar surface area (TPSA) is 43.8 Å². The number of benzene rings is 2. The highest BCUT2D eigenvalue weighted by atomic mass is 35.5. The number of rotatable bonds is 2. The van der Waals surface area contributed by atoms with Gasteiger partial charge >= 0.3 is 0 Å². The van der Waals surface area contributed by atoms with E-state index in [1.807, 2.05) is 49.4 Å². The summed E-state index contributed by atoms with van der Waals surface area (Å²) in [5.41, 5.74) is 10.2. The Hall–Kier alpha value is -1.97. The Morgan fingerprint density at radius 1 is 1.05 bits per heavy atom. The highest BCUT2D eigenvalue weighted by molar-refractivity contribution is 6.31. The Morgan fingerprint density at radius 3 is 2.43 bits per heavy atom. The molecule has 0 amide bonds. The third-order valence-corrected chi connectivity index (χ3v) is 3.94. The van der Waals surface area contributed by atoms with Crippen molar-refractivity contribution >= 4 is 28.9 Å². The minimum Gasteiger partial charge on any atom is -0.396 e. The third kappa shape index (κ3) is 2.75. The molecule has 1 heterocycles. The summed E-state index contributed by atoms with van der Waals surface area (Å²) in [6, 6.07) is 13.2. The molecule has 3 rings (SSSR count). The van der Waals surface area contributed by atoms with E-state index < -0.39 is 0 Å². The van der Waals surface area contributed by atoms with Crippen molar-refractivity contribution in [3.8, 4) is 16.9 Å². The minimum absolute atomic E-state index is 0.606. The highest BCUT2D eigenvalue weighted by Crippen LogP contribution is 2.27. The first-order valence-corrected chi connectivity index (χ1v) is 7.18. The zero-order valence-corrected chi connectivity index (χ0v) is 12.9. The second kappa shape index (κ2) is 5.43. The number of hydrogen-bond acceptors (Lipinski definition) is 2. The SMILES string of the molecule is Cc1ccc(-n2cc(N)c(-c3ccc(Cl)cc3)n2)cc1Cl. The zero-order valence-electron chi connectivity index (χ0n) is 11.3. The van der Waals surface area contributed by atoms with E-state index in [1.165, 1.54) is 0 Å². The molecule has 0 atom stereocenters. The first-order chi connectivity index (χ1) is 10.0. The molecule has 0 fully saturated rings. The van der Waals surface area contributed by atoms with E-state index in [1.54, 1.807) is 10.9 Å². The first-order valence-electron chi connectivity index (χ1n) is 6.42. The van der Waals surface area contributed by atoms with Gasteiger partial charge in [0, 0.05) is 15.6 Å². The van der Waals surface area contributed by atoms with Crippen LogP contribution in [-0.4, -0.2) is 9.78 Å². The molecule has 0 unspecified atom stereocenters. The quantitative estimate of drug-likeness (QED) is 0.742. The van der Waals surface area contributed by atoms with Crippen molar-refractivity contribution < 1.29 is 0 Å². The summed E-state index contributed by atoms with van der Waals surface area (Å²) in [5.74, 6) is 0. The van der Waals surface area contributed by atoms with Crippen LogP contribution in [0.5, 0.6) is 0 Å². The molecular weight excluding hydrogens is 305 g/mol. The average Bonchev–Trinajstić information content (AvgIpc) is 2.85. The standard InChI is InChI=1S/C16H13Cl2N3/c1-10-2-7-13(8-14(10)18)21-9-15(19)16(20-21)11-3-5-12(17)6-4-11/h2-9H,19H2,1H3. The minimum atomic E-state index is 0.606. The largest absolute Gasteiger partial charge is 0.396 e. The normalized spacial score (nSPS) is 10.8. The lowest BCUT2D eigenvalue weighted by molar-refractivity contribution is 0.884. The second-order valence-corrected chi connectivity index (χ2v) is 5.66. The average molecular weight is 318 g/mol. The van der Waals surface area contributed by atoms with Crippen LogP contribution in [0.4, 0.5) is 5.69 Å². The number of nitrogens with zero attached hydrogens (tertiary/aromatic N) is 2. The number of nitrogen functional groups attached to an aromatic ring is 1. The van der Waals surface area contributed by atoms with Crippen LogP contribution in [0.15, 0.2) is 48.7 Å². The van der Waals surface area contributed by atoms with Crippen LogP contribution in [0.2, 0.25) is 10.0 Å². The van der Waals surface area contributed by atoms with Crippen molar-refractivity contribution in [2.75, 3.05) is 5.73 Å². The Kier molecular flexibility index (Phi) is 3.62. The summed E-state index contributed by atoms with van der Waals surface area (Å²) in [7, 11) is 0. The fourth-order valence-corrected chi connectivity index (χ4v) is 2.38. The molecule has 0 aliphatic rings. The number of halogens is 2. The first kappa shape index (κ1) is 14.0. The van der Waals surface area contributed by atoms with Crippen molar-refractivity contribution in [2.24, 2.45) is 0 Å². The van der Waals surface area contributed by atoms with E-state index in [4.69, 9.17) is 28.9 Å². The summed E-state index contributed by atoms with van der Waals surface area (Å²) in [6.45, 7) is 1.96. The molecule has 2 aromatic carbocycles. The van der Waals surface area contributed by atoms with Crippen molar-refractivity contribution in [1.29, 1.82) is 0 Å².